The molecule has 28 heavy (non-hydrogen) atoms. The van der Waals surface area contributed by atoms with Crippen LogP contribution >= 0.6 is 11.6 Å². The van der Waals surface area contributed by atoms with E-state index in [0.717, 1.165) is 48.4 Å². The lowest BCUT2D eigenvalue weighted by Gasteiger charge is -2.30. The molecule has 7 heteroatoms. The number of piperidine rings is 1. The Morgan fingerprint density at radius 3 is 2.71 bits per heavy atom. The zero-order valence-corrected chi connectivity index (χ0v) is 16.5. The molecule has 2 aromatic heterocycles. The molecule has 0 atom stereocenters. The number of hydrogen-bond acceptors (Lipinski definition) is 5. The van der Waals surface area contributed by atoms with E-state index in [0.29, 0.717) is 17.4 Å². The Hall–Kier alpha value is -2.57. The summed E-state index contributed by atoms with van der Waals surface area (Å²) in [7, 11) is 0. The SMILES string of the molecule is Cc1nc(CN2CCC(C(=O)Nc3ccc(Cl)cn3)CC2)nc2ccccc12. The molecule has 1 aromatic carbocycles. The van der Waals surface area contributed by atoms with Gasteiger partial charge in [0.15, 0.2) is 0 Å². The Bertz CT molecular complexity index is 984. The van der Waals surface area contributed by atoms with Gasteiger partial charge >= 0.3 is 0 Å². The second-order valence-corrected chi connectivity index (χ2v) is 7.58. The van der Waals surface area contributed by atoms with Gasteiger partial charge in [0, 0.05) is 23.2 Å². The molecule has 0 unspecified atom stereocenters. The fourth-order valence-corrected chi connectivity index (χ4v) is 3.71. The van der Waals surface area contributed by atoms with Crippen LogP contribution in [0.2, 0.25) is 5.02 Å². The molecule has 1 saturated heterocycles. The molecule has 0 saturated carbocycles. The minimum absolute atomic E-state index is 0.00649. The number of halogens is 1. The van der Waals surface area contributed by atoms with E-state index in [1.54, 1.807) is 12.1 Å². The third kappa shape index (κ3) is 4.29. The van der Waals surface area contributed by atoms with E-state index in [4.69, 9.17) is 16.6 Å². The molecular formula is C21H22ClN5O. The molecule has 1 aliphatic rings. The average Bonchev–Trinajstić information content (AvgIpc) is 2.70. The highest BCUT2D eigenvalue weighted by molar-refractivity contribution is 6.30. The third-order valence-electron chi connectivity index (χ3n) is 5.14. The van der Waals surface area contributed by atoms with Crippen LogP contribution in [0.15, 0.2) is 42.6 Å². The topological polar surface area (TPSA) is 71.0 Å². The Morgan fingerprint density at radius 1 is 1.18 bits per heavy atom. The van der Waals surface area contributed by atoms with Crippen LogP contribution in [0.5, 0.6) is 0 Å². The first-order valence-electron chi connectivity index (χ1n) is 9.45. The molecule has 1 N–H and O–H groups in total. The highest BCUT2D eigenvalue weighted by atomic mass is 35.5. The van der Waals surface area contributed by atoms with Crippen LogP contribution in [0, 0.1) is 12.8 Å². The number of fused-ring (bicyclic) bond motifs is 1. The lowest BCUT2D eigenvalue weighted by Crippen LogP contribution is -2.38. The van der Waals surface area contributed by atoms with E-state index in [9.17, 15) is 4.79 Å². The maximum atomic E-state index is 12.5. The molecule has 3 heterocycles. The van der Waals surface area contributed by atoms with Crippen molar-refractivity contribution < 1.29 is 4.79 Å². The van der Waals surface area contributed by atoms with Crippen LogP contribution in [-0.2, 0) is 11.3 Å². The van der Waals surface area contributed by atoms with E-state index in [2.05, 4.69) is 20.2 Å². The van der Waals surface area contributed by atoms with E-state index >= 15 is 0 Å². The van der Waals surface area contributed by atoms with Gasteiger partial charge in [0.25, 0.3) is 0 Å². The smallest absolute Gasteiger partial charge is 0.228 e. The summed E-state index contributed by atoms with van der Waals surface area (Å²) in [5.41, 5.74) is 1.99. The average molecular weight is 396 g/mol. The van der Waals surface area contributed by atoms with E-state index in [-0.39, 0.29) is 11.8 Å². The van der Waals surface area contributed by atoms with Gasteiger partial charge in [-0.2, -0.15) is 0 Å². The van der Waals surface area contributed by atoms with Crippen molar-refractivity contribution in [3.05, 3.63) is 59.1 Å². The summed E-state index contributed by atoms with van der Waals surface area (Å²) in [5.74, 6) is 1.39. The van der Waals surface area contributed by atoms with Crippen molar-refractivity contribution >= 4 is 34.2 Å². The van der Waals surface area contributed by atoms with Crippen molar-refractivity contribution in [1.82, 2.24) is 19.9 Å². The Kier molecular flexibility index (Phi) is 5.50. The molecule has 1 fully saturated rings. The van der Waals surface area contributed by atoms with E-state index in [1.165, 1.54) is 6.20 Å². The number of nitrogens with one attached hydrogen (secondary N) is 1. The van der Waals surface area contributed by atoms with Crippen molar-refractivity contribution in [3.8, 4) is 0 Å². The van der Waals surface area contributed by atoms with Crippen LogP contribution < -0.4 is 5.32 Å². The molecule has 0 aliphatic carbocycles. The van der Waals surface area contributed by atoms with Crippen molar-refractivity contribution in [2.24, 2.45) is 5.92 Å². The largest absolute Gasteiger partial charge is 0.310 e. The number of nitrogens with zero attached hydrogens (tertiary/aromatic N) is 4. The fourth-order valence-electron chi connectivity index (χ4n) is 3.60. The Morgan fingerprint density at radius 2 is 1.96 bits per heavy atom. The monoisotopic (exact) mass is 395 g/mol. The number of para-hydroxylation sites is 1. The van der Waals surface area contributed by atoms with Crippen LogP contribution in [0.1, 0.15) is 24.4 Å². The van der Waals surface area contributed by atoms with E-state index < -0.39 is 0 Å². The predicted molar refractivity (Wildman–Crippen MR) is 110 cm³/mol. The van der Waals surface area contributed by atoms with Crippen LogP contribution in [0.3, 0.4) is 0 Å². The first-order chi connectivity index (χ1) is 13.6. The number of aryl methyl sites for hydroxylation is 1. The number of aromatic nitrogens is 3. The summed E-state index contributed by atoms with van der Waals surface area (Å²) < 4.78 is 0. The van der Waals surface area contributed by atoms with Gasteiger partial charge < -0.3 is 5.32 Å². The Labute approximate surface area is 169 Å². The molecule has 1 amide bonds. The molecule has 4 rings (SSSR count). The van der Waals surface area contributed by atoms with Gasteiger partial charge in [-0.3, -0.25) is 9.69 Å². The second kappa shape index (κ2) is 8.20. The van der Waals surface area contributed by atoms with Gasteiger partial charge in [-0.25, -0.2) is 15.0 Å². The number of benzene rings is 1. The number of likely N-dealkylation sites (tertiary alicyclic amines) is 1. The van der Waals surface area contributed by atoms with Crippen molar-refractivity contribution in [2.45, 2.75) is 26.3 Å². The fraction of sp³-hybridized carbons (Fsp3) is 0.333. The highest BCUT2D eigenvalue weighted by Crippen LogP contribution is 2.21. The molecule has 144 valence electrons. The number of amides is 1. The standard InChI is InChI=1S/C21H22ClN5O/c1-14-17-4-2-3-5-18(17)25-20(24-14)13-27-10-8-15(9-11-27)21(28)26-19-7-6-16(22)12-23-19/h2-7,12,15H,8-11,13H2,1H3,(H,23,26,28). The lowest BCUT2D eigenvalue weighted by molar-refractivity contribution is -0.121. The molecule has 0 spiro atoms. The van der Waals surface area contributed by atoms with Gasteiger partial charge in [0.2, 0.25) is 5.91 Å². The maximum Gasteiger partial charge on any atom is 0.228 e. The molecule has 6 nitrogen and oxygen atoms in total. The zero-order valence-electron chi connectivity index (χ0n) is 15.7. The molecule has 3 aromatic rings. The first kappa shape index (κ1) is 18.8. The summed E-state index contributed by atoms with van der Waals surface area (Å²) in [4.78, 5) is 28.3. The molecule has 0 bridgehead atoms. The van der Waals surface area contributed by atoms with Crippen molar-refractivity contribution in [2.75, 3.05) is 18.4 Å². The third-order valence-corrected chi connectivity index (χ3v) is 5.37. The van der Waals surface area contributed by atoms with Crippen LogP contribution in [0.4, 0.5) is 5.82 Å². The summed E-state index contributed by atoms with van der Waals surface area (Å²) in [6.07, 6.45) is 3.16. The Balaban J connectivity index is 1.34. The molecule has 1 aliphatic heterocycles. The van der Waals surface area contributed by atoms with Gasteiger partial charge in [0.1, 0.15) is 11.6 Å². The number of carbonyl (C=O) groups excluding carboxylic acids is 1. The summed E-state index contributed by atoms with van der Waals surface area (Å²) in [6, 6.07) is 11.5. The van der Waals surface area contributed by atoms with Crippen LogP contribution in [0.25, 0.3) is 10.9 Å². The number of anilines is 1. The number of carbonyl (C=O) groups is 1. The molecular weight excluding hydrogens is 374 g/mol. The van der Waals surface area contributed by atoms with Gasteiger partial charge in [-0.1, -0.05) is 29.8 Å². The van der Waals surface area contributed by atoms with Crippen molar-refractivity contribution in [3.63, 3.8) is 0 Å². The molecule has 0 radical (unpaired) electrons. The summed E-state index contributed by atoms with van der Waals surface area (Å²) >= 11 is 5.83. The maximum absolute atomic E-state index is 12.5. The van der Waals surface area contributed by atoms with E-state index in [1.807, 2.05) is 31.2 Å². The normalized spacial score (nSPS) is 15.6. The minimum atomic E-state index is -0.00649. The summed E-state index contributed by atoms with van der Waals surface area (Å²) in [5, 5.41) is 4.53. The van der Waals surface area contributed by atoms with Gasteiger partial charge in [-0.05, 0) is 51.1 Å². The van der Waals surface area contributed by atoms with Crippen molar-refractivity contribution in [1.29, 1.82) is 0 Å². The predicted octanol–water partition coefficient (Wildman–Crippen LogP) is 3.84. The number of hydrogen-bond donors (Lipinski definition) is 1. The zero-order chi connectivity index (χ0) is 19.5. The second-order valence-electron chi connectivity index (χ2n) is 7.14. The van der Waals surface area contributed by atoms with Gasteiger partial charge in [0.05, 0.1) is 17.1 Å². The number of rotatable bonds is 4. The number of pyridine rings is 1. The lowest BCUT2D eigenvalue weighted by atomic mass is 9.96. The minimum Gasteiger partial charge on any atom is -0.310 e. The first-order valence-corrected chi connectivity index (χ1v) is 9.83. The highest BCUT2D eigenvalue weighted by Gasteiger charge is 2.25. The quantitative estimate of drug-likeness (QED) is 0.726. The summed E-state index contributed by atoms with van der Waals surface area (Å²) in [6.45, 7) is 4.43. The van der Waals surface area contributed by atoms with Gasteiger partial charge in [-0.15, -0.1) is 0 Å². The van der Waals surface area contributed by atoms with Crippen LogP contribution in [-0.4, -0.2) is 38.8 Å².